The van der Waals surface area contributed by atoms with Crippen LogP contribution < -0.4 is 5.73 Å². The predicted molar refractivity (Wildman–Crippen MR) is 101 cm³/mol. The highest BCUT2D eigenvalue weighted by Crippen LogP contribution is 2.29. The summed E-state index contributed by atoms with van der Waals surface area (Å²) in [6.07, 6.45) is 3.26. The van der Waals surface area contributed by atoms with Gasteiger partial charge in [-0.3, -0.25) is 4.57 Å². The lowest BCUT2D eigenvalue weighted by atomic mass is 10.2. The molecule has 2 N–H and O–H groups in total. The third kappa shape index (κ3) is 2.51. The third-order valence-electron chi connectivity index (χ3n) is 4.40. The van der Waals surface area contributed by atoms with Crippen LogP contribution in [0.1, 0.15) is 16.1 Å². The van der Waals surface area contributed by atoms with Gasteiger partial charge in [0.15, 0.2) is 5.69 Å². The van der Waals surface area contributed by atoms with Gasteiger partial charge in [-0.25, -0.2) is 9.78 Å². The van der Waals surface area contributed by atoms with Gasteiger partial charge >= 0.3 is 5.97 Å². The van der Waals surface area contributed by atoms with Gasteiger partial charge in [0.25, 0.3) is 0 Å². The number of nitrogens with zero attached hydrogens (tertiary/aromatic N) is 4. The molecule has 2 aromatic heterocycles. The summed E-state index contributed by atoms with van der Waals surface area (Å²) >= 11 is 0. The molecule has 0 saturated heterocycles. The number of benzene rings is 2. The van der Waals surface area contributed by atoms with Crippen LogP contribution in [0.4, 0.5) is 5.69 Å². The molecule has 4 rings (SSSR count). The topological polar surface area (TPSA) is 98.9 Å². The Morgan fingerprint density at radius 1 is 1.11 bits per heavy atom. The van der Waals surface area contributed by atoms with Crippen LogP contribution >= 0.6 is 0 Å². The highest BCUT2D eigenvalue weighted by atomic mass is 16.5. The zero-order valence-electron chi connectivity index (χ0n) is 14.5. The second-order valence-corrected chi connectivity index (χ2v) is 5.87. The third-order valence-corrected chi connectivity index (χ3v) is 4.40. The Bertz CT molecular complexity index is 1210. The van der Waals surface area contributed by atoms with E-state index in [1.807, 2.05) is 59.2 Å². The van der Waals surface area contributed by atoms with E-state index in [0.29, 0.717) is 5.69 Å². The minimum Gasteiger partial charge on any atom is -0.464 e. The molecule has 2 heterocycles. The molecule has 0 spiro atoms. The van der Waals surface area contributed by atoms with Gasteiger partial charge in [-0.1, -0.05) is 24.3 Å². The summed E-state index contributed by atoms with van der Waals surface area (Å²) in [7, 11) is 1.28. The van der Waals surface area contributed by atoms with Crippen molar-refractivity contribution in [1.82, 2.24) is 14.1 Å². The lowest BCUT2D eigenvalue weighted by Crippen LogP contribution is -2.12. The molecule has 0 amide bonds. The van der Waals surface area contributed by atoms with Crippen LogP contribution in [0.5, 0.6) is 0 Å². The molecule has 0 aliphatic carbocycles. The Balaban J connectivity index is 2.01. The van der Waals surface area contributed by atoms with Crippen LogP contribution in [-0.2, 0) is 4.74 Å². The maximum atomic E-state index is 12.3. The number of ether oxygens (including phenoxy) is 1. The smallest absolute Gasteiger partial charge is 0.357 e. The summed E-state index contributed by atoms with van der Waals surface area (Å²) in [6, 6.07) is 17.3. The Morgan fingerprint density at radius 2 is 1.78 bits per heavy atom. The molecule has 0 saturated carbocycles. The molecule has 0 aliphatic heterocycles. The minimum atomic E-state index is -0.612. The molecule has 0 fully saturated rings. The SMILES string of the molecule is COC(=O)c1c(N)c(C#N)cn1-c1ccccc1-n1cnc2ccccc21. The molecule has 0 atom stereocenters. The monoisotopic (exact) mass is 357 g/mol. The first-order valence-corrected chi connectivity index (χ1v) is 8.16. The van der Waals surface area contributed by atoms with E-state index in [9.17, 15) is 10.1 Å². The molecule has 4 aromatic rings. The average Bonchev–Trinajstić information content (AvgIpc) is 3.28. The number of nitrogens with two attached hydrogens (primary N) is 1. The Hall–Kier alpha value is -4.05. The number of carbonyl (C=O) groups excluding carboxylic acids is 1. The molecule has 27 heavy (non-hydrogen) atoms. The summed E-state index contributed by atoms with van der Waals surface area (Å²) in [4.78, 5) is 16.7. The molecule has 7 nitrogen and oxygen atoms in total. The summed E-state index contributed by atoms with van der Waals surface area (Å²) < 4.78 is 8.38. The number of hydrogen-bond acceptors (Lipinski definition) is 5. The molecule has 0 bridgehead atoms. The van der Waals surface area contributed by atoms with Gasteiger partial charge < -0.3 is 15.0 Å². The van der Waals surface area contributed by atoms with Gasteiger partial charge in [0.05, 0.1) is 40.8 Å². The van der Waals surface area contributed by atoms with Crippen molar-refractivity contribution in [2.45, 2.75) is 0 Å². The first-order chi connectivity index (χ1) is 13.2. The first-order valence-electron chi connectivity index (χ1n) is 8.16. The second kappa shape index (κ2) is 6.35. The standard InChI is InChI=1S/C20H15N5O2/c1-27-20(26)19-18(22)13(10-21)11-24(19)16-8-4-5-9-17(16)25-12-23-14-6-2-3-7-15(14)25/h2-9,11-12H,22H2,1H3. The summed E-state index contributed by atoms with van der Waals surface area (Å²) in [5.74, 6) is -0.612. The van der Waals surface area contributed by atoms with Gasteiger partial charge in [0.2, 0.25) is 0 Å². The molecule has 0 radical (unpaired) electrons. The first kappa shape index (κ1) is 16.4. The van der Waals surface area contributed by atoms with E-state index in [1.54, 1.807) is 17.1 Å². The zero-order valence-corrected chi connectivity index (χ0v) is 14.5. The van der Waals surface area contributed by atoms with E-state index in [4.69, 9.17) is 10.5 Å². The number of carbonyl (C=O) groups is 1. The van der Waals surface area contributed by atoms with Gasteiger partial charge in [0, 0.05) is 6.20 Å². The van der Waals surface area contributed by atoms with Gasteiger partial charge in [0.1, 0.15) is 12.4 Å². The largest absolute Gasteiger partial charge is 0.464 e. The number of nitrogen functional groups attached to an aromatic ring is 1. The maximum Gasteiger partial charge on any atom is 0.357 e. The van der Waals surface area contributed by atoms with E-state index in [1.165, 1.54) is 7.11 Å². The van der Waals surface area contributed by atoms with Crippen LogP contribution in [0.3, 0.4) is 0 Å². The summed E-state index contributed by atoms with van der Waals surface area (Å²) in [5.41, 5.74) is 9.68. The summed E-state index contributed by atoms with van der Waals surface area (Å²) in [6.45, 7) is 0. The van der Waals surface area contributed by atoms with Crippen molar-refractivity contribution in [2.24, 2.45) is 0 Å². The van der Waals surface area contributed by atoms with E-state index >= 15 is 0 Å². The van der Waals surface area contributed by atoms with E-state index < -0.39 is 5.97 Å². The van der Waals surface area contributed by atoms with Crippen molar-refractivity contribution in [1.29, 1.82) is 5.26 Å². The number of methoxy groups -OCH3 is 1. The van der Waals surface area contributed by atoms with Crippen LogP contribution in [0.25, 0.3) is 22.4 Å². The number of fused-ring (bicyclic) bond motifs is 1. The molecule has 7 heteroatoms. The average molecular weight is 357 g/mol. The van der Waals surface area contributed by atoms with Crippen molar-refractivity contribution < 1.29 is 9.53 Å². The van der Waals surface area contributed by atoms with E-state index in [-0.39, 0.29) is 16.9 Å². The molecule has 0 aliphatic rings. The fraction of sp³-hybridized carbons (Fsp3) is 0.0500. The normalized spacial score (nSPS) is 10.7. The van der Waals surface area contributed by atoms with Gasteiger partial charge in [-0.2, -0.15) is 5.26 Å². The van der Waals surface area contributed by atoms with Crippen LogP contribution in [-0.4, -0.2) is 27.2 Å². The van der Waals surface area contributed by atoms with E-state index in [0.717, 1.165) is 16.7 Å². The van der Waals surface area contributed by atoms with Crippen LogP contribution in [0, 0.1) is 11.3 Å². The van der Waals surface area contributed by atoms with Crippen molar-refractivity contribution in [3.05, 3.63) is 72.3 Å². The van der Waals surface area contributed by atoms with Crippen molar-refractivity contribution in [2.75, 3.05) is 12.8 Å². The summed E-state index contributed by atoms with van der Waals surface area (Å²) in [5, 5.41) is 9.34. The Morgan fingerprint density at radius 3 is 2.48 bits per heavy atom. The van der Waals surface area contributed by atoms with Crippen LogP contribution in [0.15, 0.2) is 61.1 Å². The molecular weight excluding hydrogens is 342 g/mol. The highest BCUT2D eigenvalue weighted by Gasteiger charge is 2.23. The number of hydrogen-bond donors (Lipinski definition) is 1. The highest BCUT2D eigenvalue weighted by molar-refractivity contribution is 5.96. The molecule has 2 aromatic carbocycles. The van der Waals surface area contributed by atoms with Crippen molar-refractivity contribution in [3.63, 3.8) is 0 Å². The number of anilines is 1. The van der Waals surface area contributed by atoms with Gasteiger partial charge in [-0.05, 0) is 24.3 Å². The molecule has 132 valence electrons. The predicted octanol–water partition coefficient (Wildman–Crippen LogP) is 3.06. The Kier molecular flexibility index (Phi) is 3.86. The minimum absolute atomic E-state index is 0.0923. The van der Waals surface area contributed by atoms with Crippen molar-refractivity contribution in [3.8, 4) is 17.4 Å². The second-order valence-electron chi connectivity index (χ2n) is 5.87. The maximum absolute atomic E-state index is 12.3. The lowest BCUT2D eigenvalue weighted by Gasteiger charge is -2.14. The zero-order chi connectivity index (χ0) is 19.0. The van der Waals surface area contributed by atoms with Crippen LogP contribution in [0.2, 0.25) is 0 Å². The van der Waals surface area contributed by atoms with Gasteiger partial charge in [-0.15, -0.1) is 0 Å². The number of aromatic nitrogens is 3. The fourth-order valence-corrected chi connectivity index (χ4v) is 3.13. The number of rotatable bonds is 3. The molecule has 0 unspecified atom stereocenters. The number of imidazole rings is 1. The quantitative estimate of drug-likeness (QED) is 0.568. The number of esters is 1. The molecular formula is C20H15N5O2. The number of nitriles is 1. The number of para-hydroxylation sites is 4. The van der Waals surface area contributed by atoms with E-state index in [2.05, 4.69) is 4.98 Å². The lowest BCUT2D eigenvalue weighted by molar-refractivity contribution is 0.0593. The van der Waals surface area contributed by atoms with Crippen molar-refractivity contribution >= 4 is 22.7 Å². The Labute approximate surface area is 154 Å². The fourth-order valence-electron chi connectivity index (χ4n) is 3.13.